The predicted octanol–water partition coefficient (Wildman–Crippen LogP) is 6.25. The summed E-state index contributed by atoms with van der Waals surface area (Å²) in [5, 5.41) is 11.6. The van der Waals surface area contributed by atoms with Crippen molar-refractivity contribution >= 4 is 0 Å². The van der Waals surface area contributed by atoms with Gasteiger partial charge in [0.2, 0.25) is 12.6 Å². The molecule has 5 aliphatic carbocycles. The van der Waals surface area contributed by atoms with Gasteiger partial charge < -0.3 is 5.11 Å². The first-order chi connectivity index (χ1) is 19.6. The van der Waals surface area contributed by atoms with Crippen molar-refractivity contribution in [2.75, 3.05) is 33.0 Å². The molecular weight excluding hydrogens is 504 g/mol. The van der Waals surface area contributed by atoms with E-state index in [9.17, 15) is 5.11 Å². The van der Waals surface area contributed by atoms with Crippen LogP contribution in [0.15, 0.2) is 12.1 Å². The van der Waals surface area contributed by atoms with Crippen LogP contribution in [0.4, 0.5) is 0 Å². The van der Waals surface area contributed by atoms with E-state index in [1.165, 1.54) is 69.8 Å². The maximum atomic E-state index is 11.6. The number of phenolic OH excluding ortho intramolecular Hbond substituents is 1. The zero-order chi connectivity index (χ0) is 26.7. The van der Waals surface area contributed by atoms with E-state index < -0.39 is 5.79 Å². The number of likely N-dealkylation sites (tertiary alicyclic amines) is 2. The lowest BCUT2D eigenvalue weighted by Crippen LogP contribution is -2.68. The quantitative estimate of drug-likeness (QED) is 0.434. The summed E-state index contributed by atoms with van der Waals surface area (Å²) in [7, 11) is 0. The molecule has 1 atom stereocenters. The summed E-state index contributed by atoms with van der Waals surface area (Å²) in [5.41, 5.74) is 3.59. The van der Waals surface area contributed by atoms with Crippen LogP contribution in [0.3, 0.4) is 0 Å². The third-order valence-electron chi connectivity index (χ3n) is 12.4. The molecule has 40 heavy (non-hydrogen) atoms. The number of benzene rings is 1. The first-order valence-corrected chi connectivity index (χ1v) is 16.5. The van der Waals surface area contributed by atoms with Gasteiger partial charge in [0.05, 0.1) is 0 Å². The van der Waals surface area contributed by atoms with E-state index in [1.807, 2.05) is 0 Å². The number of hydrogen-bond donors (Lipinski definition) is 1. The monoisotopic (exact) mass is 552 g/mol. The minimum Gasteiger partial charge on any atom is -0.507 e. The SMILES string of the molecule is Oc1c(CN2CCCCC2)cc(C2CCC3(OOCOO3)C3(C2)C2CC4CC(C2)CC3C4)cc1CN1CCCC1. The molecule has 0 amide bonds. The first kappa shape index (κ1) is 26.4. The Hall–Kier alpha value is -1.22. The highest BCUT2D eigenvalue weighted by Crippen LogP contribution is 2.72. The molecule has 7 nitrogen and oxygen atoms in total. The molecule has 3 heterocycles. The molecule has 8 aliphatic rings. The van der Waals surface area contributed by atoms with Crippen molar-refractivity contribution in [1.29, 1.82) is 0 Å². The molecule has 9 rings (SSSR count). The van der Waals surface area contributed by atoms with Crippen LogP contribution in [0.25, 0.3) is 0 Å². The van der Waals surface area contributed by atoms with Gasteiger partial charge in [-0.1, -0.05) is 18.6 Å². The minimum absolute atomic E-state index is 0.0412. The number of hydrogen-bond acceptors (Lipinski definition) is 7. The van der Waals surface area contributed by atoms with E-state index >= 15 is 0 Å². The number of aromatic hydroxyl groups is 1. The van der Waals surface area contributed by atoms with E-state index in [0.29, 0.717) is 23.5 Å². The molecule has 2 spiro atoms. The molecule has 0 radical (unpaired) electrons. The summed E-state index contributed by atoms with van der Waals surface area (Å²) in [5.74, 6) is 3.11. The molecule has 5 saturated carbocycles. The van der Waals surface area contributed by atoms with E-state index in [-0.39, 0.29) is 12.2 Å². The summed E-state index contributed by atoms with van der Waals surface area (Å²) in [6, 6.07) is 4.74. The fourth-order valence-corrected chi connectivity index (χ4v) is 10.8. The average molecular weight is 553 g/mol. The predicted molar refractivity (Wildman–Crippen MR) is 150 cm³/mol. The zero-order valence-electron chi connectivity index (χ0n) is 24.2. The van der Waals surface area contributed by atoms with Crippen molar-refractivity contribution in [2.45, 2.75) is 108 Å². The Balaban J connectivity index is 1.15. The average Bonchev–Trinajstić information content (AvgIpc) is 3.48. The van der Waals surface area contributed by atoms with Crippen molar-refractivity contribution < 1.29 is 24.7 Å². The normalized spacial score (nSPS) is 39.5. The van der Waals surface area contributed by atoms with E-state index in [1.54, 1.807) is 0 Å². The Bertz CT molecular complexity index is 1050. The lowest BCUT2D eigenvalue weighted by Gasteiger charge is -2.68. The molecule has 1 N–H and O–H groups in total. The lowest BCUT2D eigenvalue weighted by atomic mass is 9.40. The Morgan fingerprint density at radius 2 is 1.30 bits per heavy atom. The second kappa shape index (κ2) is 10.5. The van der Waals surface area contributed by atoms with Gasteiger partial charge in [-0.25, -0.2) is 9.78 Å². The Morgan fingerprint density at radius 3 is 1.88 bits per heavy atom. The summed E-state index contributed by atoms with van der Waals surface area (Å²) in [4.78, 5) is 28.6. The molecule has 7 heteroatoms. The fourth-order valence-electron chi connectivity index (χ4n) is 10.8. The topological polar surface area (TPSA) is 63.6 Å². The minimum atomic E-state index is -0.795. The van der Waals surface area contributed by atoms with Crippen molar-refractivity contribution in [3.63, 3.8) is 0 Å². The van der Waals surface area contributed by atoms with Gasteiger partial charge in [0.15, 0.2) is 0 Å². The Morgan fingerprint density at radius 1 is 0.750 bits per heavy atom. The summed E-state index contributed by atoms with van der Waals surface area (Å²) >= 11 is 0. The van der Waals surface area contributed by atoms with Gasteiger partial charge in [0, 0.05) is 36.1 Å². The zero-order valence-corrected chi connectivity index (χ0v) is 24.2. The molecule has 220 valence electrons. The Labute approximate surface area is 239 Å². The molecule has 3 saturated heterocycles. The molecule has 3 aliphatic heterocycles. The van der Waals surface area contributed by atoms with E-state index in [2.05, 4.69) is 21.9 Å². The third kappa shape index (κ3) is 4.37. The summed E-state index contributed by atoms with van der Waals surface area (Å²) in [6.07, 6.45) is 15.8. The van der Waals surface area contributed by atoms with Crippen LogP contribution < -0.4 is 0 Å². The summed E-state index contributed by atoms with van der Waals surface area (Å²) in [6.45, 7) is 6.32. The molecule has 1 aromatic rings. The highest BCUT2D eigenvalue weighted by atomic mass is 17.4. The van der Waals surface area contributed by atoms with Gasteiger partial charge in [0.25, 0.3) is 0 Å². The molecule has 1 aromatic carbocycles. The van der Waals surface area contributed by atoms with Crippen LogP contribution in [0.1, 0.15) is 106 Å². The number of phenols is 1. The second-order valence-corrected chi connectivity index (χ2v) is 14.6. The smallest absolute Gasteiger partial charge is 0.240 e. The van der Waals surface area contributed by atoms with Gasteiger partial charge in [-0.05, 0) is 132 Å². The maximum absolute atomic E-state index is 11.6. The van der Waals surface area contributed by atoms with Gasteiger partial charge in [-0.15, -0.1) is 0 Å². The fraction of sp³-hybridized carbons (Fsp3) is 0.818. The standard InChI is InChI=1S/C33H48N2O5/c36-31-27(20-34-8-2-1-3-9-34)17-26(18-28(31)21-35-10-4-5-11-35)25-6-7-33(39-37-22-38-40-33)32(19-25)29-13-23-12-24(15-29)16-30(32)14-23/h17-18,23-25,29-30,36H,1-16,19-22H2. The highest BCUT2D eigenvalue weighted by Gasteiger charge is 2.71. The molecule has 0 aromatic heterocycles. The van der Waals surface area contributed by atoms with Crippen LogP contribution >= 0.6 is 0 Å². The number of nitrogens with zero attached hydrogens (tertiary/aromatic N) is 2. The summed E-state index contributed by atoms with van der Waals surface area (Å²) < 4.78 is 0. The van der Waals surface area contributed by atoms with Crippen molar-refractivity contribution in [2.24, 2.45) is 29.1 Å². The Kier molecular flexibility index (Phi) is 6.93. The van der Waals surface area contributed by atoms with Crippen molar-refractivity contribution in [3.05, 3.63) is 28.8 Å². The maximum Gasteiger partial charge on any atom is 0.240 e. The van der Waals surface area contributed by atoms with Gasteiger partial charge in [-0.2, -0.15) is 9.78 Å². The third-order valence-corrected chi connectivity index (χ3v) is 12.4. The van der Waals surface area contributed by atoms with Crippen LogP contribution in [0, 0.1) is 29.1 Å². The van der Waals surface area contributed by atoms with Gasteiger partial charge in [-0.3, -0.25) is 9.80 Å². The lowest BCUT2D eigenvalue weighted by molar-refractivity contribution is -0.629. The van der Waals surface area contributed by atoms with Crippen LogP contribution in [-0.4, -0.2) is 53.7 Å². The molecule has 1 unspecified atom stereocenters. The molecule has 8 fully saturated rings. The van der Waals surface area contributed by atoms with Gasteiger partial charge >= 0.3 is 0 Å². The molecular formula is C33H48N2O5. The van der Waals surface area contributed by atoms with Crippen LogP contribution in [0.2, 0.25) is 0 Å². The number of piperidine rings is 1. The van der Waals surface area contributed by atoms with E-state index in [4.69, 9.17) is 19.6 Å². The van der Waals surface area contributed by atoms with Crippen LogP contribution in [0.5, 0.6) is 5.75 Å². The van der Waals surface area contributed by atoms with Gasteiger partial charge in [0.1, 0.15) is 5.75 Å². The molecule has 4 bridgehead atoms. The van der Waals surface area contributed by atoms with Crippen molar-refractivity contribution in [1.82, 2.24) is 9.80 Å². The highest BCUT2D eigenvalue weighted by molar-refractivity contribution is 5.45. The second-order valence-electron chi connectivity index (χ2n) is 14.6. The first-order valence-electron chi connectivity index (χ1n) is 16.5. The largest absolute Gasteiger partial charge is 0.507 e. The number of rotatable bonds is 5. The van der Waals surface area contributed by atoms with E-state index in [0.717, 1.165) is 81.5 Å². The van der Waals surface area contributed by atoms with Crippen LogP contribution in [-0.2, 0) is 32.6 Å². The van der Waals surface area contributed by atoms with Crippen molar-refractivity contribution in [3.8, 4) is 5.75 Å².